The van der Waals surface area contributed by atoms with Crippen molar-refractivity contribution in [1.82, 2.24) is 0 Å². The maximum Gasteiger partial charge on any atom is 0.120 e. The minimum atomic E-state index is 0.199. The maximum absolute atomic E-state index is 6.09. The van der Waals surface area contributed by atoms with E-state index in [0.29, 0.717) is 0 Å². The summed E-state index contributed by atoms with van der Waals surface area (Å²) in [5.41, 5.74) is 8.76. The molecule has 0 fully saturated rings. The highest BCUT2D eigenvalue weighted by Crippen LogP contribution is 2.31. The minimum Gasteiger partial charge on any atom is -0.491 e. The fourth-order valence-corrected chi connectivity index (χ4v) is 2.16. The molecule has 2 nitrogen and oxygen atoms in total. The molecular weight excluding hydrogens is 186 g/mol. The first-order chi connectivity index (χ1) is 7.16. The van der Waals surface area contributed by atoms with E-state index < -0.39 is 0 Å². The van der Waals surface area contributed by atoms with Gasteiger partial charge in [-0.1, -0.05) is 6.07 Å². The summed E-state index contributed by atoms with van der Waals surface area (Å²) in [5.74, 6) is 0.945. The average Bonchev–Trinajstić information content (AvgIpc) is 2.18. The number of ether oxygens (including phenoxy) is 1. The van der Waals surface area contributed by atoms with Crippen molar-refractivity contribution in [3.05, 3.63) is 29.3 Å². The van der Waals surface area contributed by atoms with E-state index in [4.69, 9.17) is 10.5 Å². The highest BCUT2D eigenvalue weighted by Gasteiger charge is 2.17. The molecule has 1 aliphatic rings. The van der Waals surface area contributed by atoms with Crippen LogP contribution in [0.2, 0.25) is 0 Å². The Hall–Kier alpha value is -1.02. The summed E-state index contributed by atoms with van der Waals surface area (Å²) >= 11 is 0. The monoisotopic (exact) mass is 205 g/mol. The van der Waals surface area contributed by atoms with E-state index in [2.05, 4.69) is 18.2 Å². The number of hydrogen-bond acceptors (Lipinski definition) is 2. The van der Waals surface area contributed by atoms with Gasteiger partial charge in [0.05, 0.1) is 6.10 Å². The van der Waals surface area contributed by atoms with Gasteiger partial charge >= 0.3 is 0 Å². The van der Waals surface area contributed by atoms with Crippen LogP contribution in [0.5, 0.6) is 5.75 Å². The van der Waals surface area contributed by atoms with Crippen LogP contribution in [-0.2, 0) is 6.42 Å². The summed E-state index contributed by atoms with van der Waals surface area (Å²) in [5, 5.41) is 0. The fraction of sp³-hybridized carbons (Fsp3) is 0.538. The third kappa shape index (κ3) is 2.32. The number of aryl methyl sites for hydroxylation is 1. The van der Waals surface area contributed by atoms with E-state index in [1.54, 1.807) is 0 Å². The smallest absolute Gasteiger partial charge is 0.120 e. The van der Waals surface area contributed by atoms with Gasteiger partial charge in [-0.15, -0.1) is 0 Å². The molecule has 1 unspecified atom stereocenters. The number of nitrogens with two attached hydrogens (primary N) is 1. The van der Waals surface area contributed by atoms with E-state index in [9.17, 15) is 0 Å². The normalized spacial score (nSPS) is 20.1. The van der Waals surface area contributed by atoms with Crippen molar-refractivity contribution in [3.63, 3.8) is 0 Å². The third-order valence-corrected chi connectivity index (χ3v) is 2.85. The molecule has 0 radical (unpaired) electrons. The van der Waals surface area contributed by atoms with Gasteiger partial charge in [-0.3, -0.25) is 0 Å². The average molecular weight is 205 g/mol. The van der Waals surface area contributed by atoms with Crippen LogP contribution in [0, 0.1) is 0 Å². The number of hydrogen-bond donors (Lipinski definition) is 1. The second-order valence-corrected chi connectivity index (χ2v) is 4.53. The van der Waals surface area contributed by atoms with Crippen molar-refractivity contribution in [3.8, 4) is 5.75 Å². The van der Waals surface area contributed by atoms with Crippen molar-refractivity contribution < 1.29 is 4.74 Å². The van der Waals surface area contributed by atoms with Crippen LogP contribution in [0.15, 0.2) is 18.2 Å². The van der Waals surface area contributed by atoms with Crippen LogP contribution in [0.3, 0.4) is 0 Å². The molecule has 15 heavy (non-hydrogen) atoms. The summed E-state index contributed by atoms with van der Waals surface area (Å²) in [7, 11) is 0. The highest BCUT2D eigenvalue weighted by molar-refractivity contribution is 5.39. The zero-order valence-corrected chi connectivity index (χ0v) is 9.49. The third-order valence-electron chi connectivity index (χ3n) is 2.85. The largest absolute Gasteiger partial charge is 0.491 e. The van der Waals surface area contributed by atoms with E-state index in [1.165, 1.54) is 17.5 Å². The molecule has 1 aliphatic carbocycles. The molecule has 1 aromatic carbocycles. The Balaban J connectivity index is 2.27. The minimum absolute atomic E-state index is 0.199. The van der Waals surface area contributed by atoms with Gasteiger partial charge in [0.25, 0.3) is 0 Å². The summed E-state index contributed by atoms with van der Waals surface area (Å²) in [6, 6.07) is 6.52. The Morgan fingerprint density at radius 3 is 2.93 bits per heavy atom. The van der Waals surface area contributed by atoms with E-state index in [0.717, 1.165) is 18.6 Å². The Morgan fingerprint density at radius 2 is 2.20 bits per heavy atom. The Morgan fingerprint density at radius 1 is 1.40 bits per heavy atom. The van der Waals surface area contributed by atoms with Gasteiger partial charge in [0.15, 0.2) is 0 Å². The molecule has 1 atom stereocenters. The molecule has 0 spiro atoms. The Kier molecular flexibility index (Phi) is 2.96. The van der Waals surface area contributed by atoms with Crippen molar-refractivity contribution in [2.45, 2.75) is 45.3 Å². The lowest BCUT2D eigenvalue weighted by Crippen LogP contribution is -2.17. The molecule has 0 aromatic heterocycles. The predicted molar refractivity (Wildman–Crippen MR) is 62.1 cm³/mol. The predicted octanol–water partition coefficient (Wildman–Crippen LogP) is 2.81. The summed E-state index contributed by atoms with van der Waals surface area (Å²) in [6.45, 7) is 4.08. The fourth-order valence-electron chi connectivity index (χ4n) is 2.16. The van der Waals surface area contributed by atoms with Gasteiger partial charge in [-0.2, -0.15) is 0 Å². The van der Waals surface area contributed by atoms with Crippen LogP contribution < -0.4 is 10.5 Å². The van der Waals surface area contributed by atoms with Crippen molar-refractivity contribution in [2.75, 3.05) is 0 Å². The molecule has 0 saturated carbocycles. The number of fused-ring (bicyclic) bond motifs is 1. The van der Waals surface area contributed by atoms with Gasteiger partial charge < -0.3 is 10.5 Å². The second-order valence-electron chi connectivity index (χ2n) is 4.53. The zero-order valence-electron chi connectivity index (χ0n) is 9.49. The number of rotatable bonds is 2. The molecule has 0 saturated heterocycles. The van der Waals surface area contributed by atoms with Crippen molar-refractivity contribution >= 4 is 0 Å². The molecule has 2 heteroatoms. The summed E-state index contributed by atoms with van der Waals surface area (Å²) in [6.07, 6.45) is 3.68. The molecule has 2 N–H and O–H groups in total. The SMILES string of the molecule is CC(C)Oc1ccc2c(c1)C(N)CCC2. The molecule has 1 aromatic rings. The lowest BCUT2D eigenvalue weighted by molar-refractivity contribution is 0.242. The topological polar surface area (TPSA) is 35.2 Å². The Bertz CT molecular complexity index is 346. The van der Waals surface area contributed by atoms with Gasteiger partial charge in [-0.05, 0) is 56.4 Å². The lowest BCUT2D eigenvalue weighted by atomic mass is 9.88. The van der Waals surface area contributed by atoms with Gasteiger partial charge in [0.2, 0.25) is 0 Å². The van der Waals surface area contributed by atoms with Gasteiger partial charge in [0.1, 0.15) is 5.75 Å². The van der Waals surface area contributed by atoms with E-state index in [-0.39, 0.29) is 12.1 Å². The molecule has 0 amide bonds. The quantitative estimate of drug-likeness (QED) is 0.805. The lowest BCUT2D eigenvalue weighted by Gasteiger charge is -2.23. The highest BCUT2D eigenvalue weighted by atomic mass is 16.5. The van der Waals surface area contributed by atoms with Gasteiger partial charge in [-0.25, -0.2) is 0 Å². The molecule has 2 rings (SSSR count). The molecule has 82 valence electrons. The molecule has 0 bridgehead atoms. The van der Waals surface area contributed by atoms with E-state index >= 15 is 0 Å². The van der Waals surface area contributed by atoms with Crippen LogP contribution in [0.1, 0.15) is 43.9 Å². The molecular formula is C13H19NO. The standard InChI is InChI=1S/C13H19NO/c1-9(2)15-11-7-6-10-4-3-5-13(14)12(10)8-11/h6-9,13H,3-5,14H2,1-2H3. The molecule has 0 aliphatic heterocycles. The first kappa shape index (κ1) is 10.5. The first-order valence-electron chi connectivity index (χ1n) is 5.72. The van der Waals surface area contributed by atoms with Crippen LogP contribution in [0.25, 0.3) is 0 Å². The van der Waals surface area contributed by atoms with E-state index in [1.807, 2.05) is 13.8 Å². The van der Waals surface area contributed by atoms with Crippen LogP contribution in [0.4, 0.5) is 0 Å². The van der Waals surface area contributed by atoms with Crippen molar-refractivity contribution in [1.29, 1.82) is 0 Å². The zero-order chi connectivity index (χ0) is 10.8. The van der Waals surface area contributed by atoms with Gasteiger partial charge in [0, 0.05) is 6.04 Å². The van der Waals surface area contributed by atoms with Crippen LogP contribution >= 0.6 is 0 Å². The summed E-state index contributed by atoms with van der Waals surface area (Å²) in [4.78, 5) is 0. The first-order valence-corrected chi connectivity index (χ1v) is 5.72. The maximum atomic E-state index is 6.09. The second kappa shape index (κ2) is 4.23. The van der Waals surface area contributed by atoms with Crippen molar-refractivity contribution in [2.24, 2.45) is 5.73 Å². The Labute approximate surface area is 91.4 Å². The molecule has 0 heterocycles. The van der Waals surface area contributed by atoms with Crippen LogP contribution in [-0.4, -0.2) is 6.10 Å². The summed E-state index contributed by atoms with van der Waals surface area (Å²) < 4.78 is 5.67. The number of benzene rings is 1.